The molecule has 4 saturated carbocycles. The van der Waals surface area contributed by atoms with Crippen LogP contribution in [-0.4, -0.2) is 10.2 Å². The van der Waals surface area contributed by atoms with Crippen LogP contribution in [0.2, 0.25) is 0 Å². The third kappa shape index (κ3) is 2.62. The van der Waals surface area contributed by atoms with Gasteiger partial charge in [-0.3, -0.25) is 4.79 Å². The average molecular weight is 362 g/mol. The van der Waals surface area contributed by atoms with Gasteiger partial charge in [-0.15, -0.1) is 0 Å². The smallest absolute Gasteiger partial charge is 0.224 e. The molecule has 4 fully saturated rings. The van der Waals surface area contributed by atoms with E-state index in [-0.39, 0.29) is 11.3 Å². The molecule has 2 unspecified atom stereocenters. The van der Waals surface area contributed by atoms with E-state index in [9.17, 15) is 4.79 Å². The number of amides is 1. The molecule has 4 aliphatic rings. The lowest BCUT2D eigenvalue weighted by Gasteiger charge is -2.60. The van der Waals surface area contributed by atoms with E-state index >= 15 is 0 Å². The number of aryl methyl sites for hydroxylation is 1. The molecule has 2 atom stereocenters. The van der Waals surface area contributed by atoms with Crippen molar-refractivity contribution in [2.24, 2.45) is 17.3 Å². The van der Waals surface area contributed by atoms with Gasteiger partial charge in [-0.1, -0.05) is 34.1 Å². The van der Waals surface area contributed by atoms with Crippen LogP contribution in [0.1, 0.15) is 50.5 Å². The van der Waals surface area contributed by atoms with Crippen molar-refractivity contribution < 1.29 is 4.79 Å². The maximum atomic E-state index is 12.6. The molecule has 4 bridgehead atoms. The van der Waals surface area contributed by atoms with Gasteiger partial charge in [0.2, 0.25) is 5.91 Å². The van der Waals surface area contributed by atoms with Crippen LogP contribution in [0.4, 0.5) is 5.69 Å². The van der Waals surface area contributed by atoms with E-state index in [4.69, 9.17) is 0 Å². The number of hydrogen-bond donors (Lipinski definition) is 1. The maximum Gasteiger partial charge on any atom is 0.224 e. The van der Waals surface area contributed by atoms with Gasteiger partial charge in [0, 0.05) is 16.4 Å². The Morgan fingerprint density at radius 2 is 1.91 bits per heavy atom. The van der Waals surface area contributed by atoms with Crippen molar-refractivity contribution in [2.75, 3.05) is 5.32 Å². The number of hydrogen-bond acceptors (Lipinski definition) is 1. The molecular weight excluding hydrogens is 338 g/mol. The molecule has 1 aromatic carbocycles. The van der Waals surface area contributed by atoms with Gasteiger partial charge in [0.15, 0.2) is 0 Å². The Hall–Kier alpha value is -0.830. The summed E-state index contributed by atoms with van der Waals surface area (Å²) in [5.41, 5.74) is 2.35. The first kappa shape index (κ1) is 14.7. The van der Waals surface area contributed by atoms with Gasteiger partial charge in [-0.05, 0) is 74.3 Å². The number of benzene rings is 1. The summed E-state index contributed by atoms with van der Waals surface area (Å²) in [6, 6.07) is 8.05. The van der Waals surface area contributed by atoms with Gasteiger partial charge < -0.3 is 5.32 Å². The standard InChI is InChI=1S/C19H24BrNO/c1-13-4-2-3-5-16(13)21-17(22)11-18-7-14-6-15(8-18)10-19(20,9-14)12-18/h2-5,14-15H,6-12H2,1H3,(H,21,22). The van der Waals surface area contributed by atoms with Crippen molar-refractivity contribution in [3.05, 3.63) is 29.8 Å². The number of nitrogens with one attached hydrogen (secondary N) is 1. The Morgan fingerprint density at radius 3 is 2.55 bits per heavy atom. The largest absolute Gasteiger partial charge is 0.326 e. The second-order valence-electron chi connectivity index (χ2n) is 8.15. The first-order chi connectivity index (χ1) is 10.5. The predicted molar refractivity (Wildman–Crippen MR) is 93.2 cm³/mol. The molecule has 22 heavy (non-hydrogen) atoms. The fraction of sp³-hybridized carbons (Fsp3) is 0.632. The molecule has 5 rings (SSSR count). The van der Waals surface area contributed by atoms with Crippen LogP contribution in [0.3, 0.4) is 0 Å². The summed E-state index contributed by atoms with van der Waals surface area (Å²) >= 11 is 4.03. The number of carbonyl (C=O) groups is 1. The lowest BCUT2D eigenvalue weighted by atomic mass is 9.48. The fourth-order valence-electron chi connectivity index (χ4n) is 5.79. The predicted octanol–water partition coefficient (Wildman–Crippen LogP) is 5.06. The fourth-order valence-corrected chi connectivity index (χ4v) is 7.30. The van der Waals surface area contributed by atoms with Crippen LogP contribution in [0.25, 0.3) is 0 Å². The normalized spacial score (nSPS) is 39.0. The van der Waals surface area contributed by atoms with Gasteiger partial charge in [0.1, 0.15) is 0 Å². The van der Waals surface area contributed by atoms with E-state index in [1.54, 1.807) is 0 Å². The second-order valence-corrected chi connectivity index (χ2v) is 9.83. The van der Waals surface area contributed by atoms with Crippen LogP contribution >= 0.6 is 15.9 Å². The molecule has 118 valence electrons. The molecule has 0 spiro atoms. The van der Waals surface area contributed by atoms with E-state index in [1.807, 2.05) is 31.2 Å². The van der Waals surface area contributed by atoms with Crippen molar-refractivity contribution in [3.63, 3.8) is 0 Å². The number of carbonyl (C=O) groups excluding carboxylic acids is 1. The Labute approximate surface area is 141 Å². The molecule has 2 nitrogen and oxygen atoms in total. The molecule has 0 saturated heterocycles. The zero-order valence-corrected chi connectivity index (χ0v) is 14.8. The summed E-state index contributed by atoms with van der Waals surface area (Å²) in [6.45, 7) is 2.05. The van der Waals surface area contributed by atoms with Crippen molar-refractivity contribution in [1.82, 2.24) is 0 Å². The molecule has 3 heteroatoms. The molecule has 1 amide bonds. The molecule has 1 aromatic rings. The zero-order chi connectivity index (χ0) is 15.4. The number of anilines is 1. The highest BCUT2D eigenvalue weighted by molar-refractivity contribution is 9.10. The van der Waals surface area contributed by atoms with E-state index in [2.05, 4.69) is 21.2 Å². The highest BCUT2D eigenvalue weighted by Gasteiger charge is 2.57. The van der Waals surface area contributed by atoms with Gasteiger partial charge >= 0.3 is 0 Å². The third-order valence-corrected chi connectivity index (χ3v) is 6.99. The second kappa shape index (κ2) is 5.09. The zero-order valence-electron chi connectivity index (χ0n) is 13.2. The Balaban J connectivity index is 1.49. The molecule has 0 radical (unpaired) electrons. The summed E-state index contributed by atoms with van der Waals surface area (Å²) < 4.78 is 0.333. The maximum absolute atomic E-state index is 12.6. The molecular formula is C19H24BrNO. The Bertz CT molecular complexity index is 597. The summed E-state index contributed by atoms with van der Waals surface area (Å²) in [5, 5.41) is 3.14. The monoisotopic (exact) mass is 361 g/mol. The first-order valence-corrected chi connectivity index (χ1v) is 9.29. The highest BCUT2D eigenvalue weighted by atomic mass is 79.9. The minimum atomic E-state index is 0.201. The third-order valence-electron chi connectivity index (χ3n) is 6.07. The molecule has 0 aliphatic heterocycles. The number of alkyl halides is 1. The summed E-state index contributed by atoms with van der Waals surface area (Å²) in [7, 11) is 0. The minimum Gasteiger partial charge on any atom is -0.326 e. The number of halogens is 1. The number of rotatable bonds is 3. The van der Waals surface area contributed by atoms with E-state index in [0.717, 1.165) is 23.1 Å². The molecule has 4 aliphatic carbocycles. The van der Waals surface area contributed by atoms with Crippen LogP contribution < -0.4 is 5.32 Å². The number of para-hydroxylation sites is 1. The lowest BCUT2D eigenvalue weighted by Crippen LogP contribution is -2.53. The van der Waals surface area contributed by atoms with Gasteiger partial charge in [0.25, 0.3) is 0 Å². The van der Waals surface area contributed by atoms with Crippen molar-refractivity contribution in [2.45, 2.75) is 56.2 Å². The van der Waals surface area contributed by atoms with E-state index < -0.39 is 0 Å². The van der Waals surface area contributed by atoms with Crippen LogP contribution in [0.15, 0.2) is 24.3 Å². The topological polar surface area (TPSA) is 29.1 Å². The molecule has 1 N–H and O–H groups in total. The van der Waals surface area contributed by atoms with Crippen LogP contribution in [0, 0.1) is 24.2 Å². The minimum absolute atomic E-state index is 0.201. The Morgan fingerprint density at radius 1 is 1.23 bits per heavy atom. The SMILES string of the molecule is Cc1ccccc1NC(=O)CC12CC3CC(CC(Br)(C3)C1)C2. The van der Waals surface area contributed by atoms with Gasteiger partial charge in [0.05, 0.1) is 0 Å². The Kier molecular flexibility index (Phi) is 3.41. The van der Waals surface area contributed by atoms with Crippen LogP contribution in [0.5, 0.6) is 0 Å². The van der Waals surface area contributed by atoms with E-state index in [0.29, 0.717) is 10.7 Å². The summed E-state index contributed by atoms with van der Waals surface area (Å²) in [4.78, 5) is 12.6. The van der Waals surface area contributed by atoms with Gasteiger partial charge in [-0.2, -0.15) is 0 Å². The van der Waals surface area contributed by atoms with Crippen LogP contribution in [-0.2, 0) is 4.79 Å². The first-order valence-electron chi connectivity index (χ1n) is 8.50. The summed E-state index contributed by atoms with van der Waals surface area (Å²) in [5.74, 6) is 1.88. The average Bonchev–Trinajstić information content (AvgIpc) is 2.37. The van der Waals surface area contributed by atoms with Crippen molar-refractivity contribution in [1.29, 1.82) is 0 Å². The van der Waals surface area contributed by atoms with E-state index in [1.165, 1.54) is 38.5 Å². The van der Waals surface area contributed by atoms with Gasteiger partial charge in [-0.25, -0.2) is 0 Å². The van der Waals surface area contributed by atoms with Crippen molar-refractivity contribution >= 4 is 27.5 Å². The molecule has 0 heterocycles. The quantitative estimate of drug-likeness (QED) is 0.749. The van der Waals surface area contributed by atoms with Crippen molar-refractivity contribution in [3.8, 4) is 0 Å². The lowest BCUT2D eigenvalue weighted by molar-refractivity contribution is -0.123. The summed E-state index contributed by atoms with van der Waals surface area (Å²) in [6.07, 6.45) is 8.45. The molecule has 0 aromatic heterocycles. The highest BCUT2D eigenvalue weighted by Crippen LogP contribution is 2.65.